The van der Waals surface area contributed by atoms with Gasteiger partial charge in [-0.2, -0.15) is 0 Å². The van der Waals surface area contributed by atoms with E-state index in [1.807, 2.05) is 0 Å². The van der Waals surface area contributed by atoms with E-state index in [4.69, 9.17) is 28.4 Å². The Morgan fingerprint density at radius 1 is 0.534 bits per heavy atom. The average molecular weight is 835 g/mol. The van der Waals surface area contributed by atoms with Crippen molar-refractivity contribution < 1.29 is 73.8 Å². The van der Waals surface area contributed by atoms with Crippen LogP contribution in [-0.4, -0.2) is 142 Å². The summed E-state index contributed by atoms with van der Waals surface area (Å²) in [6.45, 7) is 2.50. The number of carbonyl (C=O) groups is 2. The monoisotopic (exact) mass is 835 g/mol. The molecule has 0 aromatic carbocycles. The van der Waals surface area contributed by atoms with Crippen LogP contribution >= 0.6 is 0 Å². The summed E-state index contributed by atoms with van der Waals surface area (Å²) in [4.78, 5) is 25.4. The number of aliphatic hydroxyl groups excluding tert-OH is 7. The van der Waals surface area contributed by atoms with E-state index in [1.165, 1.54) is 51.4 Å². The van der Waals surface area contributed by atoms with Crippen LogP contribution in [0.5, 0.6) is 0 Å². The highest BCUT2D eigenvalue weighted by Gasteiger charge is 2.47. The van der Waals surface area contributed by atoms with Crippen LogP contribution in [-0.2, 0) is 38.0 Å². The maximum Gasteiger partial charge on any atom is 0.306 e. The van der Waals surface area contributed by atoms with Crippen molar-refractivity contribution in [3.8, 4) is 0 Å². The fourth-order valence-corrected chi connectivity index (χ4v) is 6.97. The second-order valence-corrected chi connectivity index (χ2v) is 15.9. The van der Waals surface area contributed by atoms with Gasteiger partial charge in [0.25, 0.3) is 0 Å². The van der Waals surface area contributed by atoms with Crippen molar-refractivity contribution in [1.29, 1.82) is 0 Å². The lowest BCUT2D eigenvalue weighted by Gasteiger charge is -2.42. The van der Waals surface area contributed by atoms with Crippen LogP contribution in [0, 0.1) is 0 Å². The molecule has 2 saturated heterocycles. The minimum absolute atomic E-state index is 0.158. The van der Waals surface area contributed by atoms with Crippen molar-refractivity contribution in [3.63, 3.8) is 0 Å². The highest BCUT2D eigenvalue weighted by Crippen LogP contribution is 2.26. The number of hydrogen-bond donors (Lipinski definition) is 7. The van der Waals surface area contributed by atoms with Gasteiger partial charge >= 0.3 is 11.9 Å². The summed E-state index contributed by atoms with van der Waals surface area (Å²) in [5.74, 6) is -0.939. The molecular formula is C43H78O15. The maximum absolute atomic E-state index is 12.9. The molecule has 11 unspecified atom stereocenters. The quantitative estimate of drug-likeness (QED) is 0.0278. The minimum atomic E-state index is -1.76. The SMILES string of the molecule is CCCCCCCC/C=C\CCCCCCCC(=O)OC(COC(=O)CCCCCCCCC)COC1OC(COC2OC(CO)C(O)C(O)C2O)C(O)C(O)C1O. The molecule has 2 aliphatic rings. The summed E-state index contributed by atoms with van der Waals surface area (Å²) in [6, 6.07) is 0. The fraction of sp³-hybridized carbons (Fsp3) is 0.907. The minimum Gasteiger partial charge on any atom is -0.462 e. The van der Waals surface area contributed by atoms with E-state index >= 15 is 0 Å². The predicted molar refractivity (Wildman–Crippen MR) is 215 cm³/mol. The second kappa shape index (κ2) is 32.0. The summed E-state index contributed by atoms with van der Waals surface area (Å²) in [5.41, 5.74) is 0. The Kier molecular flexibility index (Phi) is 28.9. The number of hydrogen-bond acceptors (Lipinski definition) is 15. The van der Waals surface area contributed by atoms with Crippen LogP contribution in [0.3, 0.4) is 0 Å². The molecule has 11 atom stereocenters. The van der Waals surface area contributed by atoms with Gasteiger partial charge in [0, 0.05) is 12.8 Å². The lowest BCUT2D eigenvalue weighted by molar-refractivity contribution is -0.332. The molecule has 340 valence electrons. The first-order valence-electron chi connectivity index (χ1n) is 22.3. The van der Waals surface area contributed by atoms with Gasteiger partial charge in [0.15, 0.2) is 18.7 Å². The van der Waals surface area contributed by atoms with Gasteiger partial charge in [-0.15, -0.1) is 0 Å². The molecule has 2 heterocycles. The molecule has 0 saturated carbocycles. The van der Waals surface area contributed by atoms with E-state index in [9.17, 15) is 45.3 Å². The molecule has 0 spiro atoms. The zero-order valence-corrected chi connectivity index (χ0v) is 35.3. The smallest absolute Gasteiger partial charge is 0.306 e. The second-order valence-electron chi connectivity index (χ2n) is 15.9. The van der Waals surface area contributed by atoms with E-state index in [0.29, 0.717) is 12.8 Å². The van der Waals surface area contributed by atoms with Crippen LogP contribution in [0.2, 0.25) is 0 Å². The Morgan fingerprint density at radius 3 is 1.52 bits per heavy atom. The molecule has 0 bridgehead atoms. The van der Waals surface area contributed by atoms with Gasteiger partial charge in [-0.25, -0.2) is 0 Å². The number of allylic oxidation sites excluding steroid dienone is 2. The predicted octanol–water partition coefficient (Wildman–Crippen LogP) is 4.26. The standard InChI is InChI=1S/C43H78O15/c1-3-5-7-9-11-12-13-14-15-16-17-18-20-22-24-26-35(46)56-31(28-53-34(45)25-23-21-19-10-8-6-4-2)29-54-42-41(52)39(50)37(48)33(58-42)30-55-43-40(51)38(49)36(47)32(27-44)57-43/h14-15,31-33,36-44,47-52H,3-13,16-30H2,1-2H3/b15-14-. The molecule has 0 aromatic rings. The van der Waals surface area contributed by atoms with Crippen molar-refractivity contribution in [2.24, 2.45) is 0 Å². The van der Waals surface area contributed by atoms with Crippen molar-refractivity contribution >= 4 is 11.9 Å². The zero-order chi connectivity index (χ0) is 42.5. The highest BCUT2D eigenvalue weighted by atomic mass is 16.7. The Morgan fingerprint density at radius 2 is 0.983 bits per heavy atom. The first-order chi connectivity index (χ1) is 28.0. The van der Waals surface area contributed by atoms with Crippen LogP contribution in [0.4, 0.5) is 0 Å². The largest absolute Gasteiger partial charge is 0.462 e. The van der Waals surface area contributed by atoms with Crippen LogP contribution in [0.15, 0.2) is 12.2 Å². The lowest BCUT2D eigenvalue weighted by atomic mass is 9.98. The van der Waals surface area contributed by atoms with Gasteiger partial charge in [-0.05, 0) is 38.5 Å². The third-order valence-corrected chi connectivity index (χ3v) is 10.7. The van der Waals surface area contributed by atoms with Gasteiger partial charge in [0.1, 0.15) is 55.4 Å². The topological polar surface area (TPSA) is 231 Å². The first-order valence-corrected chi connectivity index (χ1v) is 22.3. The number of esters is 2. The van der Waals surface area contributed by atoms with E-state index in [0.717, 1.165) is 64.2 Å². The molecule has 0 amide bonds. The summed E-state index contributed by atoms with van der Waals surface area (Å²) in [7, 11) is 0. The molecule has 15 heteroatoms. The van der Waals surface area contributed by atoms with Gasteiger partial charge in [0.05, 0.1) is 19.8 Å². The molecule has 2 aliphatic heterocycles. The van der Waals surface area contributed by atoms with Crippen molar-refractivity contribution in [2.75, 3.05) is 26.4 Å². The van der Waals surface area contributed by atoms with Crippen molar-refractivity contribution in [3.05, 3.63) is 12.2 Å². The summed E-state index contributed by atoms with van der Waals surface area (Å²) < 4.78 is 33.3. The van der Waals surface area contributed by atoms with Crippen molar-refractivity contribution in [2.45, 2.75) is 223 Å². The Balaban J connectivity index is 1.85. The highest BCUT2D eigenvalue weighted by molar-refractivity contribution is 5.70. The maximum atomic E-state index is 12.9. The molecular weight excluding hydrogens is 756 g/mol. The molecule has 0 aliphatic carbocycles. The molecule has 58 heavy (non-hydrogen) atoms. The number of ether oxygens (including phenoxy) is 6. The van der Waals surface area contributed by atoms with Gasteiger partial charge in [-0.1, -0.05) is 116 Å². The lowest BCUT2D eigenvalue weighted by Crippen LogP contribution is -2.61. The van der Waals surface area contributed by atoms with Crippen LogP contribution < -0.4 is 0 Å². The third-order valence-electron chi connectivity index (χ3n) is 10.7. The van der Waals surface area contributed by atoms with E-state index < -0.39 is 92.7 Å². The van der Waals surface area contributed by atoms with E-state index in [-0.39, 0.29) is 26.1 Å². The number of unbranched alkanes of at least 4 members (excludes halogenated alkanes) is 17. The Bertz CT molecular complexity index is 1080. The molecule has 2 rings (SSSR count). The molecule has 0 aromatic heterocycles. The Labute approximate surface area is 346 Å². The molecule has 2 fully saturated rings. The van der Waals surface area contributed by atoms with Crippen LogP contribution in [0.1, 0.15) is 155 Å². The molecule has 7 N–H and O–H groups in total. The van der Waals surface area contributed by atoms with Gasteiger partial charge < -0.3 is 64.2 Å². The molecule has 0 radical (unpaired) electrons. The third kappa shape index (κ3) is 21.2. The van der Waals surface area contributed by atoms with Crippen molar-refractivity contribution in [1.82, 2.24) is 0 Å². The average Bonchev–Trinajstić information content (AvgIpc) is 3.21. The van der Waals surface area contributed by atoms with Gasteiger partial charge in [0.2, 0.25) is 0 Å². The summed E-state index contributed by atoms with van der Waals surface area (Å²) >= 11 is 0. The van der Waals surface area contributed by atoms with Gasteiger partial charge in [-0.3, -0.25) is 9.59 Å². The number of rotatable bonds is 33. The van der Waals surface area contributed by atoms with E-state index in [2.05, 4.69) is 26.0 Å². The normalized spacial score (nSPS) is 28.2. The van der Waals surface area contributed by atoms with Crippen LogP contribution in [0.25, 0.3) is 0 Å². The zero-order valence-electron chi connectivity index (χ0n) is 35.3. The van der Waals surface area contributed by atoms with E-state index in [1.54, 1.807) is 0 Å². The number of aliphatic hydroxyl groups is 7. The Hall–Kier alpha value is -1.76. The summed E-state index contributed by atoms with van der Waals surface area (Å²) in [5, 5.41) is 71.7. The fourth-order valence-electron chi connectivity index (χ4n) is 6.97. The summed E-state index contributed by atoms with van der Waals surface area (Å²) in [6.07, 6.45) is 9.98. The number of carbonyl (C=O) groups excluding carboxylic acids is 2. The first kappa shape index (κ1) is 52.4. The molecule has 15 nitrogen and oxygen atoms in total.